The number of hydrogen-bond donors (Lipinski definition) is 1. The minimum absolute atomic E-state index is 0.0353. The van der Waals surface area contributed by atoms with Crippen LogP contribution in [0.25, 0.3) is 11.5 Å². The first-order valence-corrected chi connectivity index (χ1v) is 11.4. The lowest BCUT2D eigenvalue weighted by Gasteiger charge is -2.05. The van der Waals surface area contributed by atoms with Crippen molar-refractivity contribution < 1.29 is 9.21 Å². The lowest BCUT2D eigenvalue weighted by Crippen LogP contribution is -2.27. The van der Waals surface area contributed by atoms with Gasteiger partial charge in [-0.2, -0.15) is 0 Å². The zero-order chi connectivity index (χ0) is 19.8. The number of carbonyl (C=O) groups excluding carboxylic acids is 1. The Morgan fingerprint density at radius 1 is 1.14 bits per heavy atom. The van der Waals surface area contributed by atoms with Gasteiger partial charge in [-0.05, 0) is 61.6 Å². The van der Waals surface area contributed by atoms with Gasteiger partial charge in [0.1, 0.15) is 5.76 Å². The number of oxazole rings is 1. The third-order valence-electron chi connectivity index (χ3n) is 4.19. The summed E-state index contributed by atoms with van der Waals surface area (Å²) < 4.78 is 5.81. The van der Waals surface area contributed by atoms with Crippen LogP contribution < -0.4 is 5.32 Å². The predicted molar refractivity (Wildman–Crippen MR) is 116 cm³/mol. The number of hydrogen-bond acceptors (Lipinski definition) is 6. The van der Waals surface area contributed by atoms with Gasteiger partial charge in [0.25, 0.3) is 0 Å². The summed E-state index contributed by atoms with van der Waals surface area (Å²) in [6.07, 6.45) is 6.38. The van der Waals surface area contributed by atoms with Gasteiger partial charge in [0.15, 0.2) is 0 Å². The van der Waals surface area contributed by atoms with Crippen molar-refractivity contribution in [3.63, 3.8) is 0 Å². The fraction of sp³-hybridized carbons (Fsp3) is 0.286. The van der Waals surface area contributed by atoms with E-state index < -0.39 is 0 Å². The summed E-state index contributed by atoms with van der Waals surface area (Å²) in [7, 11) is 0. The van der Waals surface area contributed by atoms with Gasteiger partial charge in [-0.15, -0.1) is 23.5 Å². The number of amides is 1. The Hall–Kier alpha value is -2.25. The molecule has 3 rings (SSSR count). The van der Waals surface area contributed by atoms with Crippen LogP contribution in [0.5, 0.6) is 0 Å². The lowest BCUT2D eigenvalue weighted by molar-refractivity contribution is -0.118. The molecule has 28 heavy (non-hydrogen) atoms. The Bertz CT molecular complexity index is 896. The molecule has 1 N–H and O–H groups in total. The molecule has 0 fully saturated rings. The molecule has 2 aromatic heterocycles. The first-order valence-electron chi connectivity index (χ1n) is 9.00. The first-order chi connectivity index (χ1) is 13.7. The largest absolute Gasteiger partial charge is 0.441 e. The number of thioether (sulfide) groups is 2. The summed E-state index contributed by atoms with van der Waals surface area (Å²) in [5.74, 6) is 2.52. The number of nitrogens with one attached hydrogen (secondary N) is 1. The molecule has 0 saturated heterocycles. The highest BCUT2D eigenvalue weighted by Crippen LogP contribution is 2.26. The summed E-state index contributed by atoms with van der Waals surface area (Å²) in [5, 5.41) is 2.95. The van der Waals surface area contributed by atoms with Gasteiger partial charge in [0.05, 0.1) is 11.4 Å². The van der Waals surface area contributed by atoms with Gasteiger partial charge in [0.2, 0.25) is 11.8 Å². The molecule has 0 aliphatic rings. The molecule has 1 aromatic carbocycles. The molecule has 0 bridgehead atoms. The molecule has 3 aromatic rings. The Kier molecular flexibility index (Phi) is 7.56. The summed E-state index contributed by atoms with van der Waals surface area (Å²) >= 11 is 3.25. The maximum atomic E-state index is 12.0. The van der Waals surface area contributed by atoms with Gasteiger partial charge >= 0.3 is 0 Å². The number of carbonyl (C=O) groups is 1. The molecule has 146 valence electrons. The van der Waals surface area contributed by atoms with E-state index in [2.05, 4.69) is 33.7 Å². The molecule has 0 atom stereocenters. The van der Waals surface area contributed by atoms with E-state index in [9.17, 15) is 4.79 Å². The van der Waals surface area contributed by atoms with E-state index in [-0.39, 0.29) is 5.91 Å². The maximum absolute atomic E-state index is 12.0. The SMILES string of the molecule is CSc1ccc(-c2nc(CSCC(=O)NCCc3ccncc3)c(C)o2)cc1. The molecule has 2 heterocycles. The molecular formula is C21H23N3O2S2. The zero-order valence-corrected chi connectivity index (χ0v) is 17.6. The number of nitrogens with zero attached hydrogens (tertiary/aromatic N) is 2. The highest BCUT2D eigenvalue weighted by molar-refractivity contribution is 7.99. The normalized spacial score (nSPS) is 10.8. The van der Waals surface area contributed by atoms with E-state index in [0.29, 0.717) is 23.9 Å². The summed E-state index contributed by atoms with van der Waals surface area (Å²) in [6.45, 7) is 2.54. The van der Waals surface area contributed by atoms with Crippen molar-refractivity contribution >= 4 is 29.4 Å². The van der Waals surface area contributed by atoms with Gasteiger partial charge in [-0.3, -0.25) is 9.78 Å². The topological polar surface area (TPSA) is 68.0 Å². The summed E-state index contributed by atoms with van der Waals surface area (Å²) in [4.78, 5) is 21.8. The van der Waals surface area contributed by atoms with Crippen molar-refractivity contribution in [3.05, 3.63) is 65.8 Å². The van der Waals surface area contributed by atoms with Crippen molar-refractivity contribution in [1.29, 1.82) is 0 Å². The quantitative estimate of drug-likeness (QED) is 0.526. The molecular weight excluding hydrogens is 390 g/mol. The van der Waals surface area contributed by atoms with Crippen molar-refractivity contribution in [2.24, 2.45) is 0 Å². The third-order valence-corrected chi connectivity index (χ3v) is 5.87. The summed E-state index contributed by atoms with van der Waals surface area (Å²) in [5.41, 5.74) is 3.02. The molecule has 0 aliphatic heterocycles. The number of benzene rings is 1. The van der Waals surface area contributed by atoms with Gasteiger partial charge in [-0.25, -0.2) is 4.98 Å². The zero-order valence-electron chi connectivity index (χ0n) is 16.0. The van der Waals surface area contributed by atoms with Crippen molar-refractivity contribution in [3.8, 4) is 11.5 Å². The Morgan fingerprint density at radius 2 is 1.89 bits per heavy atom. The fourth-order valence-electron chi connectivity index (χ4n) is 2.61. The fourth-order valence-corrected chi connectivity index (χ4v) is 3.87. The van der Waals surface area contributed by atoms with Gasteiger partial charge in [0, 0.05) is 35.2 Å². The Balaban J connectivity index is 1.44. The molecule has 0 unspecified atom stereocenters. The van der Waals surface area contributed by atoms with Gasteiger partial charge in [-0.1, -0.05) is 0 Å². The van der Waals surface area contributed by atoms with E-state index >= 15 is 0 Å². The molecule has 0 saturated carbocycles. The number of pyridine rings is 1. The van der Waals surface area contributed by atoms with Crippen molar-refractivity contribution in [2.75, 3.05) is 18.6 Å². The monoisotopic (exact) mass is 413 g/mol. The van der Waals surface area contributed by atoms with Crippen LogP contribution in [-0.4, -0.2) is 34.4 Å². The van der Waals surface area contributed by atoms with Crippen molar-refractivity contribution in [1.82, 2.24) is 15.3 Å². The smallest absolute Gasteiger partial charge is 0.230 e. The summed E-state index contributed by atoms with van der Waals surface area (Å²) in [6, 6.07) is 12.1. The Morgan fingerprint density at radius 3 is 2.61 bits per heavy atom. The third kappa shape index (κ3) is 5.87. The van der Waals surface area contributed by atoms with Crippen LogP contribution in [0.15, 0.2) is 58.1 Å². The van der Waals surface area contributed by atoms with E-state index in [4.69, 9.17) is 4.42 Å². The van der Waals surface area contributed by atoms with Crippen molar-refractivity contribution in [2.45, 2.75) is 24.0 Å². The second kappa shape index (κ2) is 10.3. The number of aryl methyl sites for hydroxylation is 1. The number of rotatable bonds is 9. The molecule has 7 heteroatoms. The second-order valence-corrected chi connectivity index (χ2v) is 8.06. The lowest BCUT2D eigenvalue weighted by atomic mass is 10.2. The molecule has 0 aliphatic carbocycles. The molecule has 1 amide bonds. The first kappa shape index (κ1) is 20.5. The number of aromatic nitrogens is 2. The van der Waals surface area contributed by atoms with E-state index in [1.165, 1.54) is 10.5 Å². The van der Waals surface area contributed by atoms with Crippen LogP contribution in [-0.2, 0) is 17.0 Å². The van der Waals surface area contributed by atoms with Crippen LogP contribution >= 0.6 is 23.5 Å². The average Bonchev–Trinajstić information content (AvgIpc) is 3.09. The van der Waals surface area contributed by atoms with Gasteiger partial charge < -0.3 is 9.73 Å². The minimum atomic E-state index is 0.0353. The standard InChI is InChI=1S/C21H23N3O2S2/c1-15-19(24-21(26-15)17-3-5-18(27-2)6-4-17)13-28-14-20(25)23-12-9-16-7-10-22-11-8-16/h3-8,10-11H,9,12-14H2,1-2H3,(H,23,25). The molecule has 0 radical (unpaired) electrons. The van der Waals surface area contributed by atoms with Crippen LogP contribution in [0.1, 0.15) is 17.0 Å². The Labute approximate surface area is 173 Å². The highest BCUT2D eigenvalue weighted by Gasteiger charge is 2.12. The second-order valence-electron chi connectivity index (χ2n) is 6.20. The molecule has 5 nitrogen and oxygen atoms in total. The maximum Gasteiger partial charge on any atom is 0.230 e. The van der Waals surface area contributed by atoms with Crippen LogP contribution in [0, 0.1) is 6.92 Å². The van der Waals surface area contributed by atoms with E-state index in [1.807, 2.05) is 31.2 Å². The predicted octanol–water partition coefficient (Wildman–Crippen LogP) is 4.36. The highest BCUT2D eigenvalue weighted by atomic mass is 32.2. The van der Waals surface area contributed by atoms with E-state index in [0.717, 1.165) is 23.4 Å². The minimum Gasteiger partial charge on any atom is -0.441 e. The van der Waals surface area contributed by atoms with Crippen LogP contribution in [0.3, 0.4) is 0 Å². The molecule has 0 spiro atoms. The van der Waals surface area contributed by atoms with E-state index in [1.54, 1.807) is 35.9 Å². The van der Waals surface area contributed by atoms with Crippen LogP contribution in [0.4, 0.5) is 0 Å². The van der Waals surface area contributed by atoms with Crippen LogP contribution in [0.2, 0.25) is 0 Å². The average molecular weight is 414 g/mol.